The summed E-state index contributed by atoms with van der Waals surface area (Å²) in [6, 6.07) is 11.8. The van der Waals surface area contributed by atoms with Crippen LogP contribution in [0.5, 0.6) is 5.75 Å². The SMILES string of the molecule is COc1ccc(N2CCN(c3nc4c(C)cccn4c(=O)c3/C=C3\SC(=S)N(CC4CCCO4)C3=O)CC2)cc1. The minimum Gasteiger partial charge on any atom is -0.497 e. The van der Waals surface area contributed by atoms with Crippen LogP contribution in [0.2, 0.25) is 0 Å². The number of rotatable bonds is 6. The fraction of sp³-hybridized carbons (Fsp3) is 0.379. The maximum absolute atomic E-state index is 13.9. The highest BCUT2D eigenvalue weighted by molar-refractivity contribution is 8.26. The third kappa shape index (κ3) is 5.09. The van der Waals surface area contributed by atoms with Gasteiger partial charge < -0.3 is 19.3 Å². The minimum atomic E-state index is -0.203. The summed E-state index contributed by atoms with van der Waals surface area (Å²) in [5, 5.41) is 0. The molecule has 1 atom stereocenters. The third-order valence-corrected chi connectivity index (χ3v) is 9.02. The number of piperazine rings is 1. The van der Waals surface area contributed by atoms with Crippen LogP contribution in [0.25, 0.3) is 11.7 Å². The molecule has 1 aromatic carbocycles. The van der Waals surface area contributed by atoms with Gasteiger partial charge in [0.05, 0.1) is 30.2 Å². The van der Waals surface area contributed by atoms with Crippen LogP contribution in [0.15, 0.2) is 52.3 Å². The number of aryl methyl sites for hydroxylation is 1. The molecule has 0 aliphatic carbocycles. The quantitative estimate of drug-likeness (QED) is 0.322. The van der Waals surface area contributed by atoms with E-state index in [0.717, 1.165) is 42.9 Å². The number of hydrogen-bond donors (Lipinski definition) is 0. The molecule has 3 aliphatic rings. The first-order valence-corrected chi connectivity index (χ1v) is 14.7. The van der Waals surface area contributed by atoms with Crippen LogP contribution in [0, 0.1) is 6.92 Å². The first-order valence-electron chi connectivity index (χ1n) is 13.5. The summed E-state index contributed by atoms with van der Waals surface area (Å²) >= 11 is 6.79. The third-order valence-electron chi connectivity index (χ3n) is 7.64. The predicted octanol–water partition coefficient (Wildman–Crippen LogP) is 3.72. The molecule has 1 unspecified atom stereocenters. The van der Waals surface area contributed by atoms with E-state index >= 15 is 0 Å². The van der Waals surface area contributed by atoms with E-state index in [9.17, 15) is 9.59 Å². The van der Waals surface area contributed by atoms with E-state index in [-0.39, 0.29) is 17.6 Å². The van der Waals surface area contributed by atoms with E-state index in [1.807, 2.05) is 31.2 Å². The molecule has 3 fully saturated rings. The Labute approximate surface area is 242 Å². The number of thiocarbonyl (C=S) groups is 1. The second kappa shape index (κ2) is 11.2. The Hall–Kier alpha value is -3.41. The normalized spacial score (nSPS) is 20.8. The van der Waals surface area contributed by atoms with Crippen molar-refractivity contribution < 1.29 is 14.3 Å². The van der Waals surface area contributed by atoms with Crippen LogP contribution >= 0.6 is 24.0 Å². The number of hydrogen-bond acceptors (Lipinski definition) is 9. The molecule has 40 heavy (non-hydrogen) atoms. The lowest BCUT2D eigenvalue weighted by Gasteiger charge is -2.37. The molecule has 3 aromatic rings. The number of aromatic nitrogens is 2. The molecule has 5 heterocycles. The van der Waals surface area contributed by atoms with Gasteiger partial charge >= 0.3 is 0 Å². The van der Waals surface area contributed by atoms with Gasteiger partial charge in [-0.15, -0.1) is 0 Å². The first kappa shape index (κ1) is 26.8. The highest BCUT2D eigenvalue weighted by Crippen LogP contribution is 2.35. The van der Waals surface area contributed by atoms with Gasteiger partial charge in [-0.1, -0.05) is 30.0 Å². The summed E-state index contributed by atoms with van der Waals surface area (Å²) in [7, 11) is 1.66. The molecule has 6 rings (SSSR count). The largest absolute Gasteiger partial charge is 0.497 e. The van der Waals surface area contributed by atoms with E-state index in [1.54, 1.807) is 28.7 Å². The van der Waals surface area contributed by atoms with Gasteiger partial charge in [0.25, 0.3) is 11.5 Å². The second-order valence-corrected chi connectivity index (χ2v) is 11.8. The van der Waals surface area contributed by atoms with Crippen molar-refractivity contribution in [1.82, 2.24) is 14.3 Å². The van der Waals surface area contributed by atoms with Gasteiger partial charge in [-0.3, -0.25) is 18.9 Å². The van der Waals surface area contributed by atoms with E-state index in [1.165, 1.54) is 11.8 Å². The molecule has 0 bridgehead atoms. The van der Waals surface area contributed by atoms with Crippen LogP contribution in [-0.4, -0.2) is 77.1 Å². The Morgan fingerprint density at radius 3 is 2.58 bits per heavy atom. The molecule has 3 aliphatic heterocycles. The summed E-state index contributed by atoms with van der Waals surface area (Å²) in [6.07, 6.45) is 5.31. The molecule has 1 amide bonds. The lowest BCUT2D eigenvalue weighted by Crippen LogP contribution is -2.47. The monoisotopic (exact) mass is 577 g/mol. The van der Waals surface area contributed by atoms with Gasteiger partial charge in [0.15, 0.2) is 0 Å². The van der Waals surface area contributed by atoms with Crippen LogP contribution in [0.1, 0.15) is 24.0 Å². The molecule has 208 valence electrons. The molecule has 0 radical (unpaired) electrons. The number of carbonyl (C=O) groups is 1. The fourth-order valence-corrected chi connectivity index (χ4v) is 6.67. The molecule has 9 nitrogen and oxygen atoms in total. The summed E-state index contributed by atoms with van der Waals surface area (Å²) in [5.41, 5.74) is 2.84. The molecular formula is C29H31N5O4S2. The Balaban J connectivity index is 1.32. The Kier molecular flexibility index (Phi) is 7.52. The Bertz CT molecular complexity index is 1540. The van der Waals surface area contributed by atoms with E-state index in [0.29, 0.717) is 52.5 Å². The number of carbonyl (C=O) groups excluding carboxylic acids is 1. The average Bonchev–Trinajstić information content (AvgIpc) is 3.59. The highest BCUT2D eigenvalue weighted by Gasteiger charge is 2.35. The summed E-state index contributed by atoms with van der Waals surface area (Å²) < 4.78 is 13.1. The van der Waals surface area contributed by atoms with Crippen molar-refractivity contribution in [2.75, 3.05) is 56.2 Å². The van der Waals surface area contributed by atoms with Crippen molar-refractivity contribution >= 4 is 57.4 Å². The lowest BCUT2D eigenvalue weighted by molar-refractivity contribution is -0.123. The number of ether oxygens (including phenoxy) is 2. The summed E-state index contributed by atoms with van der Waals surface area (Å²) in [5.74, 6) is 1.23. The van der Waals surface area contributed by atoms with Gasteiger partial charge in [0.1, 0.15) is 21.5 Å². The fourth-order valence-electron chi connectivity index (χ4n) is 5.42. The standard InChI is InChI=1S/C29H31N5O4S2/c1-19-5-3-11-33-25(19)30-26(32-14-12-31(13-15-32)20-7-9-21(37-2)10-8-20)23(27(33)35)17-24-28(36)34(29(39)40-24)18-22-6-4-16-38-22/h3,5,7-11,17,22H,4,6,12-16,18H2,1-2H3/b24-17-. The number of thioether (sulfide) groups is 1. The molecule has 0 saturated carbocycles. The summed E-state index contributed by atoms with van der Waals surface area (Å²) in [6.45, 7) is 6.00. The van der Waals surface area contributed by atoms with Crippen molar-refractivity contribution in [1.29, 1.82) is 0 Å². The smallest absolute Gasteiger partial charge is 0.267 e. The number of nitrogens with zero attached hydrogens (tertiary/aromatic N) is 5. The number of fused-ring (bicyclic) bond motifs is 1. The van der Waals surface area contributed by atoms with Gasteiger partial charge in [0.2, 0.25) is 0 Å². The highest BCUT2D eigenvalue weighted by atomic mass is 32.2. The van der Waals surface area contributed by atoms with Crippen molar-refractivity contribution in [2.45, 2.75) is 25.9 Å². The lowest BCUT2D eigenvalue weighted by atomic mass is 10.2. The number of amides is 1. The molecule has 0 N–H and O–H groups in total. The Morgan fingerprint density at radius 2 is 1.88 bits per heavy atom. The minimum absolute atomic E-state index is 0.00431. The second-order valence-electron chi connectivity index (χ2n) is 10.1. The van der Waals surface area contributed by atoms with Gasteiger partial charge in [0, 0.05) is 44.7 Å². The van der Waals surface area contributed by atoms with Crippen LogP contribution in [0.4, 0.5) is 11.5 Å². The zero-order valence-electron chi connectivity index (χ0n) is 22.5. The Morgan fingerprint density at radius 1 is 1.12 bits per heavy atom. The van der Waals surface area contributed by atoms with Crippen molar-refractivity contribution in [3.05, 3.63) is 69.0 Å². The van der Waals surface area contributed by atoms with E-state index in [2.05, 4.69) is 21.9 Å². The summed E-state index contributed by atoms with van der Waals surface area (Å²) in [4.78, 5) is 38.8. The van der Waals surface area contributed by atoms with Crippen molar-refractivity contribution in [3.8, 4) is 5.75 Å². The van der Waals surface area contributed by atoms with Crippen molar-refractivity contribution in [2.24, 2.45) is 0 Å². The molecule has 11 heteroatoms. The van der Waals surface area contributed by atoms with Gasteiger partial charge in [-0.2, -0.15) is 0 Å². The van der Waals surface area contributed by atoms with Crippen LogP contribution in [0.3, 0.4) is 0 Å². The molecule has 2 aromatic heterocycles. The van der Waals surface area contributed by atoms with Gasteiger partial charge in [-0.25, -0.2) is 4.98 Å². The predicted molar refractivity (Wildman–Crippen MR) is 162 cm³/mol. The molecular weight excluding hydrogens is 546 g/mol. The number of benzene rings is 1. The number of methoxy groups -OCH3 is 1. The van der Waals surface area contributed by atoms with Crippen LogP contribution in [-0.2, 0) is 9.53 Å². The number of anilines is 2. The topological polar surface area (TPSA) is 79.6 Å². The molecule has 3 saturated heterocycles. The molecule has 0 spiro atoms. The maximum atomic E-state index is 13.9. The average molecular weight is 578 g/mol. The van der Waals surface area contributed by atoms with Gasteiger partial charge in [-0.05, 0) is 61.7 Å². The number of pyridine rings is 1. The zero-order valence-corrected chi connectivity index (χ0v) is 24.2. The van der Waals surface area contributed by atoms with Crippen LogP contribution < -0.4 is 20.1 Å². The first-order chi connectivity index (χ1) is 19.4. The van der Waals surface area contributed by atoms with E-state index in [4.69, 9.17) is 26.7 Å². The maximum Gasteiger partial charge on any atom is 0.267 e. The van der Waals surface area contributed by atoms with E-state index < -0.39 is 0 Å². The zero-order chi connectivity index (χ0) is 27.8. The van der Waals surface area contributed by atoms with Crippen molar-refractivity contribution in [3.63, 3.8) is 0 Å².